The highest BCUT2D eigenvalue weighted by atomic mass is 32.1. The Kier molecular flexibility index (Phi) is 2.87. The quantitative estimate of drug-likeness (QED) is 0.694. The summed E-state index contributed by atoms with van der Waals surface area (Å²) in [5.41, 5.74) is 1.48. The van der Waals surface area contributed by atoms with Gasteiger partial charge in [0.15, 0.2) is 0 Å². The standard InChI is InChI=1S/C6H7N3O2S/c1-2-4(10)5(11)8-6-9-7-3-12-6/h3H,2H2,1H3,(H,8,9,11). The Morgan fingerprint density at radius 2 is 2.42 bits per heavy atom. The number of amides is 1. The number of hydrogen-bond acceptors (Lipinski definition) is 5. The van der Waals surface area contributed by atoms with Crippen molar-refractivity contribution in [3.63, 3.8) is 0 Å². The van der Waals surface area contributed by atoms with Gasteiger partial charge in [0.05, 0.1) is 0 Å². The fourth-order valence-electron chi connectivity index (χ4n) is 0.555. The van der Waals surface area contributed by atoms with E-state index in [1.807, 2.05) is 0 Å². The van der Waals surface area contributed by atoms with E-state index < -0.39 is 11.7 Å². The van der Waals surface area contributed by atoms with Crippen molar-refractivity contribution in [3.05, 3.63) is 5.51 Å². The second-order valence-corrected chi connectivity index (χ2v) is 2.81. The molecule has 0 aliphatic rings. The number of carbonyl (C=O) groups is 2. The molecule has 1 rings (SSSR count). The summed E-state index contributed by atoms with van der Waals surface area (Å²) in [7, 11) is 0. The van der Waals surface area contributed by atoms with Crippen LogP contribution in [-0.2, 0) is 9.59 Å². The fraction of sp³-hybridized carbons (Fsp3) is 0.333. The predicted molar refractivity (Wildman–Crippen MR) is 43.8 cm³/mol. The van der Waals surface area contributed by atoms with Gasteiger partial charge in [-0.3, -0.25) is 14.9 Å². The molecule has 0 aromatic carbocycles. The maximum absolute atomic E-state index is 10.9. The lowest BCUT2D eigenvalue weighted by Crippen LogP contribution is -2.21. The maximum atomic E-state index is 10.9. The highest BCUT2D eigenvalue weighted by Gasteiger charge is 2.11. The summed E-state index contributed by atoms with van der Waals surface area (Å²) in [4.78, 5) is 21.7. The third-order valence-corrected chi connectivity index (χ3v) is 1.76. The smallest absolute Gasteiger partial charge is 0.293 e. The Morgan fingerprint density at radius 1 is 1.67 bits per heavy atom. The number of nitrogens with zero attached hydrogens (tertiary/aromatic N) is 2. The average molecular weight is 185 g/mol. The van der Waals surface area contributed by atoms with Crippen LogP contribution < -0.4 is 5.32 Å². The highest BCUT2D eigenvalue weighted by Crippen LogP contribution is 2.07. The van der Waals surface area contributed by atoms with Crippen LogP contribution in [0.4, 0.5) is 5.13 Å². The number of Topliss-reactive ketones (excluding diaryl/α,β-unsaturated/α-hetero) is 1. The molecule has 0 aliphatic carbocycles. The van der Waals surface area contributed by atoms with Crippen molar-refractivity contribution in [2.24, 2.45) is 0 Å². The van der Waals surface area contributed by atoms with Crippen molar-refractivity contribution in [1.29, 1.82) is 0 Å². The topological polar surface area (TPSA) is 72.0 Å². The molecule has 0 radical (unpaired) electrons. The van der Waals surface area contributed by atoms with Gasteiger partial charge in [-0.15, -0.1) is 10.2 Å². The summed E-state index contributed by atoms with van der Waals surface area (Å²) in [6.07, 6.45) is 0.199. The number of aromatic nitrogens is 2. The molecule has 5 nitrogen and oxygen atoms in total. The summed E-state index contributed by atoms with van der Waals surface area (Å²) in [5.74, 6) is -1.08. The molecule has 0 atom stereocenters. The van der Waals surface area contributed by atoms with Crippen molar-refractivity contribution in [3.8, 4) is 0 Å². The molecule has 0 fully saturated rings. The summed E-state index contributed by atoms with van der Waals surface area (Å²) in [5, 5.41) is 9.74. The van der Waals surface area contributed by atoms with Crippen LogP contribution >= 0.6 is 11.3 Å². The lowest BCUT2D eigenvalue weighted by atomic mass is 10.3. The van der Waals surface area contributed by atoms with E-state index in [2.05, 4.69) is 15.5 Å². The summed E-state index contributed by atoms with van der Waals surface area (Å²) in [6.45, 7) is 1.63. The summed E-state index contributed by atoms with van der Waals surface area (Å²) >= 11 is 1.17. The average Bonchev–Trinajstić information content (AvgIpc) is 2.55. The van der Waals surface area contributed by atoms with E-state index in [-0.39, 0.29) is 6.42 Å². The van der Waals surface area contributed by atoms with Crippen LogP contribution in [0.15, 0.2) is 5.51 Å². The van der Waals surface area contributed by atoms with Gasteiger partial charge < -0.3 is 0 Å². The molecule has 1 amide bonds. The molecule has 0 saturated carbocycles. The van der Waals surface area contributed by atoms with Gasteiger partial charge in [0.25, 0.3) is 5.91 Å². The van der Waals surface area contributed by atoms with Gasteiger partial charge in [-0.2, -0.15) is 0 Å². The number of nitrogens with one attached hydrogen (secondary N) is 1. The van der Waals surface area contributed by atoms with Crippen LogP contribution in [0.2, 0.25) is 0 Å². The Labute approximate surface area is 72.8 Å². The lowest BCUT2D eigenvalue weighted by Gasteiger charge is -1.95. The molecule has 0 unspecified atom stereocenters. The highest BCUT2D eigenvalue weighted by molar-refractivity contribution is 7.13. The molecule has 0 bridgehead atoms. The molecule has 12 heavy (non-hydrogen) atoms. The first kappa shape index (κ1) is 8.79. The van der Waals surface area contributed by atoms with Gasteiger partial charge in [-0.1, -0.05) is 18.3 Å². The van der Waals surface area contributed by atoms with Crippen molar-refractivity contribution >= 4 is 28.2 Å². The number of rotatable bonds is 3. The van der Waals surface area contributed by atoms with E-state index in [0.29, 0.717) is 5.13 Å². The Morgan fingerprint density at radius 3 is 2.92 bits per heavy atom. The van der Waals surface area contributed by atoms with Crippen LogP contribution in [0.1, 0.15) is 13.3 Å². The molecule has 0 saturated heterocycles. The van der Waals surface area contributed by atoms with Gasteiger partial charge in [0.2, 0.25) is 10.9 Å². The minimum absolute atomic E-state index is 0.199. The van der Waals surface area contributed by atoms with E-state index in [4.69, 9.17) is 0 Å². The fourth-order valence-corrected chi connectivity index (χ4v) is 0.995. The first-order valence-electron chi connectivity index (χ1n) is 3.34. The van der Waals surface area contributed by atoms with Crippen LogP contribution in [0.3, 0.4) is 0 Å². The molecule has 64 valence electrons. The minimum Gasteiger partial charge on any atom is -0.294 e. The Bertz CT molecular complexity index is 283. The molecular weight excluding hydrogens is 178 g/mol. The zero-order valence-corrected chi connectivity index (χ0v) is 7.22. The Hall–Kier alpha value is -1.30. The zero-order chi connectivity index (χ0) is 8.97. The molecule has 6 heteroatoms. The number of carbonyl (C=O) groups excluding carboxylic acids is 2. The van der Waals surface area contributed by atoms with Crippen molar-refractivity contribution in [2.45, 2.75) is 13.3 Å². The first-order valence-corrected chi connectivity index (χ1v) is 4.22. The molecular formula is C6H7N3O2S. The number of anilines is 1. The Balaban J connectivity index is 2.53. The molecule has 1 N–H and O–H groups in total. The van der Waals surface area contributed by atoms with E-state index in [0.717, 1.165) is 0 Å². The van der Waals surface area contributed by atoms with E-state index >= 15 is 0 Å². The van der Waals surface area contributed by atoms with Gasteiger partial charge in [0.1, 0.15) is 5.51 Å². The van der Waals surface area contributed by atoms with E-state index in [1.165, 1.54) is 16.8 Å². The second-order valence-electron chi connectivity index (χ2n) is 1.97. The van der Waals surface area contributed by atoms with Gasteiger partial charge >= 0.3 is 0 Å². The lowest BCUT2D eigenvalue weighted by molar-refractivity contribution is -0.134. The second kappa shape index (κ2) is 3.91. The third kappa shape index (κ3) is 2.09. The third-order valence-electron chi connectivity index (χ3n) is 1.15. The van der Waals surface area contributed by atoms with Crippen molar-refractivity contribution in [1.82, 2.24) is 10.2 Å². The molecule has 1 aromatic rings. The van der Waals surface area contributed by atoms with Gasteiger partial charge in [-0.25, -0.2) is 0 Å². The number of hydrogen-bond donors (Lipinski definition) is 1. The van der Waals surface area contributed by atoms with Crippen LogP contribution in [0.5, 0.6) is 0 Å². The van der Waals surface area contributed by atoms with Crippen LogP contribution in [0.25, 0.3) is 0 Å². The van der Waals surface area contributed by atoms with Crippen LogP contribution in [-0.4, -0.2) is 21.9 Å². The molecule has 0 spiro atoms. The van der Waals surface area contributed by atoms with Crippen molar-refractivity contribution in [2.75, 3.05) is 5.32 Å². The first-order chi connectivity index (χ1) is 5.74. The summed E-state index contributed by atoms with van der Waals surface area (Å²) < 4.78 is 0. The van der Waals surface area contributed by atoms with E-state index in [9.17, 15) is 9.59 Å². The molecule has 1 aromatic heterocycles. The normalized spacial score (nSPS) is 9.42. The predicted octanol–water partition coefficient (Wildman–Crippen LogP) is 0.456. The maximum Gasteiger partial charge on any atom is 0.293 e. The zero-order valence-electron chi connectivity index (χ0n) is 6.40. The molecule has 1 heterocycles. The van der Waals surface area contributed by atoms with E-state index in [1.54, 1.807) is 6.92 Å². The van der Waals surface area contributed by atoms with Crippen LogP contribution in [0, 0.1) is 0 Å². The summed E-state index contributed by atoms with van der Waals surface area (Å²) in [6, 6.07) is 0. The van der Waals surface area contributed by atoms with Gasteiger partial charge in [0, 0.05) is 6.42 Å². The number of ketones is 1. The van der Waals surface area contributed by atoms with Crippen molar-refractivity contribution < 1.29 is 9.59 Å². The monoisotopic (exact) mass is 185 g/mol. The van der Waals surface area contributed by atoms with Gasteiger partial charge in [-0.05, 0) is 0 Å². The largest absolute Gasteiger partial charge is 0.294 e. The minimum atomic E-state index is -0.630. The molecule has 0 aliphatic heterocycles. The SMILES string of the molecule is CCC(=O)C(=O)Nc1nncs1.